The molecule has 0 aromatic rings. The number of aliphatic hydroxyl groups excluding tert-OH is 1. The highest BCUT2D eigenvalue weighted by atomic mass is 16.3. The topological polar surface area (TPSA) is 23.5 Å². The first-order valence-electron chi connectivity index (χ1n) is 5.10. The van der Waals surface area contributed by atoms with Gasteiger partial charge in [-0.2, -0.15) is 0 Å². The second-order valence-corrected chi connectivity index (χ2v) is 4.64. The van der Waals surface area contributed by atoms with Crippen molar-refractivity contribution in [2.45, 2.75) is 38.8 Å². The van der Waals surface area contributed by atoms with Crippen molar-refractivity contribution >= 4 is 0 Å². The molecule has 1 aliphatic heterocycles. The maximum Gasteiger partial charge on any atom is 0.0620 e. The normalized spacial score (nSPS) is 42.5. The number of piperidine rings is 1. The van der Waals surface area contributed by atoms with Crippen LogP contribution in [-0.2, 0) is 0 Å². The van der Waals surface area contributed by atoms with Gasteiger partial charge in [0.1, 0.15) is 0 Å². The Bertz CT molecular complexity index is 155. The Morgan fingerprint density at radius 2 is 1.67 bits per heavy atom. The molecule has 0 spiro atoms. The van der Waals surface area contributed by atoms with Crippen LogP contribution in [0.25, 0.3) is 0 Å². The summed E-state index contributed by atoms with van der Waals surface area (Å²) in [6.07, 6.45) is 2.50. The largest absolute Gasteiger partial charge is 0.392 e. The lowest BCUT2D eigenvalue weighted by Crippen LogP contribution is -2.47. The predicted molar refractivity (Wildman–Crippen MR) is 48.9 cm³/mol. The van der Waals surface area contributed by atoms with Crippen molar-refractivity contribution in [2.75, 3.05) is 13.1 Å². The molecule has 12 heavy (non-hydrogen) atoms. The van der Waals surface area contributed by atoms with Crippen LogP contribution in [0.4, 0.5) is 0 Å². The van der Waals surface area contributed by atoms with Gasteiger partial charge in [-0.05, 0) is 38.5 Å². The molecule has 2 nitrogen and oxygen atoms in total. The lowest BCUT2D eigenvalue weighted by atomic mass is 9.94. The number of fused-ring (bicyclic) bond motifs is 2. The van der Waals surface area contributed by atoms with Crippen molar-refractivity contribution in [3.05, 3.63) is 0 Å². The van der Waals surface area contributed by atoms with Gasteiger partial charge in [-0.15, -0.1) is 0 Å². The van der Waals surface area contributed by atoms with Crippen LogP contribution in [0.1, 0.15) is 26.7 Å². The maximum absolute atomic E-state index is 9.78. The molecule has 0 aromatic heterocycles. The van der Waals surface area contributed by atoms with Gasteiger partial charge in [0.05, 0.1) is 6.10 Å². The minimum absolute atomic E-state index is 0.0139. The molecule has 2 bridgehead atoms. The van der Waals surface area contributed by atoms with E-state index in [9.17, 15) is 5.11 Å². The summed E-state index contributed by atoms with van der Waals surface area (Å²) in [4.78, 5) is 2.51. The summed E-state index contributed by atoms with van der Waals surface area (Å²) in [6, 6.07) is 0.653. The van der Waals surface area contributed by atoms with Gasteiger partial charge >= 0.3 is 0 Å². The highest BCUT2D eigenvalue weighted by molar-refractivity contribution is 4.93. The van der Waals surface area contributed by atoms with Crippen LogP contribution in [0.2, 0.25) is 0 Å². The van der Waals surface area contributed by atoms with E-state index in [1.807, 2.05) is 0 Å². The molecule has 3 atom stereocenters. The Labute approximate surface area is 74.6 Å². The lowest BCUT2D eigenvalue weighted by molar-refractivity contribution is 0.00571. The van der Waals surface area contributed by atoms with Gasteiger partial charge in [-0.25, -0.2) is 0 Å². The van der Waals surface area contributed by atoms with E-state index in [1.165, 1.54) is 12.8 Å². The molecule has 2 rings (SSSR count). The fourth-order valence-electron chi connectivity index (χ4n) is 2.65. The summed E-state index contributed by atoms with van der Waals surface area (Å²) in [7, 11) is 0. The maximum atomic E-state index is 9.78. The number of hydrogen-bond donors (Lipinski definition) is 1. The number of rotatable bonds is 1. The highest BCUT2D eigenvalue weighted by Crippen LogP contribution is 2.37. The van der Waals surface area contributed by atoms with Gasteiger partial charge in [-0.3, -0.25) is 0 Å². The second-order valence-electron chi connectivity index (χ2n) is 4.64. The van der Waals surface area contributed by atoms with Gasteiger partial charge in [0.25, 0.3) is 0 Å². The molecule has 1 saturated carbocycles. The summed E-state index contributed by atoms with van der Waals surface area (Å²) in [6.45, 7) is 6.74. The van der Waals surface area contributed by atoms with Crippen molar-refractivity contribution in [3.63, 3.8) is 0 Å². The van der Waals surface area contributed by atoms with E-state index in [0.717, 1.165) is 13.1 Å². The van der Waals surface area contributed by atoms with E-state index in [4.69, 9.17) is 0 Å². The Hall–Kier alpha value is -0.0800. The zero-order valence-electron chi connectivity index (χ0n) is 8.03. The predicted octanol–water partition coefficient (Wildman–Crippen LogP) is 1.10. The zero-order chi connectivity index (χ0) is 8.72. The number of likely N-dealkylation sites (tertiary alicyclic amines) is 1. The van der Waals surface area contributed by atoms with Gasteiger partial charge < -0.3 is 10.0 Å². The molecular formula is C10H19NO. The van der Waals surface area contributed by atoms with Crippen LogP contribution < -0.4 is 0 Å². The first-order valence-corrected chi connectivity index (χ1v) is 5.10. The first-order chi connectivity index (χ1) is 5.68. The van der Waals surface area contributed by atoms with E-state index in [-0.39, 0.29) is 6.10 Å². The third kappa shape index (κ3) is 1.27. The molecule has 0 radical (unpaired) electrons. The fraction of sp³-hybridized carbons (Fsp3) is 1.00. The first kappa shape index (κ1) is 8.52. The van der Waals surface area contributed by atoms with Gasteiger partial charge in [0.2, 0.25) is 0 Å². The van der Waals surface area contributed by atoms with E-state index in [0.29, 0.717) is 17.9 Å². The minimum Gasteiger partial charge on any atom is -0.392 e. The number of aliphatic hydroxyl groups is 1. The van der Waals surface area contributed by atoms with Gasteiger partial charge in [0.15, 0.2) is 0 Å². The molecule has 0 unspecified atom stereocenters. The van der Waals surface area contributed by atoms with Crippen LogP contribution in [0.5, 0.6) is 0 Å². The van der Waals surface area contributed by atoms with Crippen LogP contribution in [0.3, 0.4) is 0 Å². The van der Waals surface area contributed by atoms with Gasteiger partial charge in [0, 0.05) is 19.1 Å². The summed E-state index contributed by atoms with van der Waals surface area (Å²) < 4.78 is 0. The Morgan fingerprint density at radius 1 is 1.17 bits per heavy atom. The highest BCUT2D eigenvalue weighted by Gasteiger charge is 2.41. The van der Waals surface area contributed by atoms with Crippen LogP contribution in [0.15, 0.2) is 0 Å². The molecular weight excluding hydrogens is 150 g/mol. The standard InChI is InChI=1S/C10H19NO/c1-7(2)11-5-8-3-4-9(6-11)10(8)12/h7-10,12H,3-6H2,1-2H3/t8-,9+,10-. The lowest BCUT2D eigenvalue weighted by Gasteiger charge is -2.37. The van der Waals surface area contributed by atoms with E-state index < -0.39 is 0 Å². The fourth-order valence-corrected chi connectivity index (χ4v) is 2.65. The molecule has 1 saturated heterocycles. The van der Waals surface area contributed by atoms with Crippen molar-refractivity contribution in [2.24, 2.45) is 11.8 Å². The van der Waals surface area contributed by atoms with E-state index in [1.54, 1.807) is 0 Å². The molecule has 0 aromatic carbocycles. The molecule has 2 aliphatic rings. The number of nitrogens with zero attached hydrogens (tertiary/aromatic N) is 1. The summed E-state index contributed by atoms with van der Waals surface area (Å²) >= 11 is 0. The Balaban J connectivity index is 2.02. The average molecular weight is 169 g/mol. The Morgan fingerprint density at radius 3 is 2.08 bits per heavy atom. The quantitative estimate of drug-likeness (QED) is 0.635. The van der Waals surface area contributed by atoms with Crippen molar-refractivity contribution in [3.8, 4) is 0 Å². The van der Waals surface area contributed by atoms with Crippen molar-refractivity contribution in [1.29, 1.82) is 0 Å². The van der Waals surface area contributed by atoms with Crippen molar-refractivity contribution < 1.29 is 5.11 Å². The zero-order valence-corrected chi connectivity index (χ0v) is 8.03. The van der Waals surface area contributed by atoms with Crippen LogP contribution in [-0.4, -0.2) is 35.2 Å². The molecule has 70 valence electrons. The molecule has 1 aliphatic carbocycles. The second kappa shape index (κ2) is 3.00. The smallest absolute Gasteiger partial charge is 0.0620 e. The Kier molecular flexibility index (Phi) is 2.13. The molecule has 0 amide bonds. The monoisotopic (exact) mass is 169 g/mol. The minimum atomic E-state index is 0.0139. The van der Waals surface area contributed by atoms with Crippen molar-refractivity contribution in [1.82, 2.24) is 4.90 Å². The van der Waals surface area contributed by atoms with Gasteiger partial charge in [-0.1, -0.05) is 0 Å². The summed E-state index contributed by atoms with van der Waals surface area (Å²) in [5.74, 6) is 1.15. The average Bonchev–Trinajstić information content (AvgIpc) is 2.30. The summed E-state index contributed by atoms with van der Waals surface area (Å²) in [5, 5.41) is 9.78. The molecule has 2 heteroatoms. The molecule has 1 N–H and O–H groups in total. The molecule has 2 fully saturated rings. The number of hydrogen-bond acceptors (Lipinski definition) is 2. The van der Waals surface area contributed by atoms with E-state index >= 15 is 0 Å². The SMILES string of the molecule is CC(C)N1C[C@H]2CC[C@@H](C1)[C@@H]2O. The summed E-state index contributed by atoms with van der Waals surface area (Å²) in [5.41, 5.74) is 0. The third-order valence-corrected chi connectivity index (χ3v) is 3.54. The van der Waals surface area contributed by atoms with E-state index in [2.05, 4.69) is 18.7 Å². The molecule has 1 heterocycles. The van der Waals surface area contributed by atoms with Crippen LogP contribution >= 0.6 is 0 Å². The van der Waals surface area contributed by atoms with Crippen LogP contribution in [0, 0.1) is 11.8 Å². The third-order valence-electron chi connectivity index (χ3n) is 3.54.